The third kappa shape index (κ3) is 6.90. The Morgan fingerprint density at radius 2 is 1.74 bits per heavy atom. The van der Waals surface area contributed by atoms with Gasteiger partial charge in [0.1, 0.15) is 0 Å². The van der Waals surface area contributed by atoms with Crippen LogP contribution < -0.4 is 5.32 Å². The Kier molecular flexibility index (Phi) is 8.33. The monoisotopic (exact) mass is 544 g/mol. The second-order valence-corrected chi connectivity index (χ2v) is 9.34. The van der Waals surface area contributed by atoms with Crippen LogP contribution in [0, 0.1) is 5.92 Å². The summed E-state index contributed by atoms with van der Waals surface area (Å²) in [5.41, 5.74) is 4.14. The summed E-state index contributed by atoms with van der Waals surface area (Å²) < 4.78 is 31.7. The lowest BCUT2D eigenvalue weighted by atomic mass is 9.88. The molecule has 0 spiro atoms. The standard InChI is InChI=1S/C25H23ClN4O.C2HF3O2/c26-20-8-6-18(7-9-20)22-15-30(14-17-4-2-1-3-5-17)16-23(22)25(31)28-21-10-11-24-19(12-21)13-27-29-24;3-2(4,5)1(6)7/h1-13,22-23H,14-16H2,(H,27,29)(H,28,31);(H,6,7). The lowest BCUT2D eigenvalue weighted by molar-refractivity contribution is -0.192. The van der Waals surface area contributed by atoms with E-state index in [0.717, 1.165) is 35.2 Å². The number of halogens is 4. The largest absolute Gasteiger partial charge is 0.490 e. The van der Waals surface area contributed by atoms with E-state index < -0.39 is 12.1 Å². The molecule has 11 heteroatoms. The number of nitrogens with one attached hydrogen (secondary N) is 2. The average molecular weight is 545 g/mol. The molecular weight excluding hydrogens is 521 g/mol. The van der Waals surface area contributed by atoms with E-state index >= 15 is 0 Å². The fraction of sp³-hybridized carbons (Fsp3) is 0.222. The lowest BCUT2D eigenvalue weighted by Crippen LogP contribution is -2.28. The van der Waals surface area contributed by atoms with Gasteiger partial charge in [-0.05, 0) is 41.5 Å². The van der Waals surface area contributed by atoms with E-state index in [-0.39, 0.29) is 17.7 Å². The normalized spacial score (nSPS) is 17.6. The molecular formula is C27H24ClF3N4O3. The van der Waals surface area contributed by atoms with Gasteiger partial charge in [-0.25, -0.2) is 4.79 Å². The van der Waals surface area contributed by atoms with Crippen molar-refractivity contribution in [2.45, 2.75) is 18.6 Å². The summed E-state index contributed by atoms with van der Waals surface area (Å²) in [6, 6.07) is 24.1. The first-order valence-electron chi connectivity index (χ1n) is 11.7. The first-order chi connectivity index (χ1) is 18.1. The summed E-state index contributed by atoms with van der Waals surface area (Å²) >= 11 is 6.10. The van der Waals surface area contributed by atoms with Crippen molar-refractivity contribution in [3.63, 3.8) is 0 Å². The maximum atomic E-state index is 13.4. The molecule has 5 rings (SSSR count). The van der Waals surface area contributed by atoms with Crippen molar-refractivity contribution in [1.82, 2.24) is 15.1 Å². The van der Waals surface area contributed by atoms with Gasteiger partial charge in [0.05, 0.1) is 17.6 Å². The van der Waals surface area contributed by atoms with Crippen LogP contribution >= 0.6 is 11.6 Å². The van der Waals surface area contributed by atoms with Crippen LogP contribution in [0.2, 0.25) is 5.02 Å². The molecule has 3 aromatic carbocycles. The maximum absolute atomic E-state index is 13.4. The topological polar surface area (TPSA) is 98.3 Å². The molecule has 1 aliphatic rings. The molecule has 3 N–H and O–H groups in total. The molecule has 0 saturated carbocycles. The highest BCUT2D eigenvalue weighted by Crippen LogP contribution is 2.35. The van der Waals surface area contributed by atoms with Gasteiger partial charge in [-0.3, -0.25) is 14.8 Å². The SMILES string of the molecule is O=C(Nc1ccc2[nH]ncc2c1)C1CN(Cc2ccccc2)CC1c1ccc(Cl)cc1.O=C(O)C(F)(F)F. The fourth-order valence-corrected chi connectivity index (χ4v) is 4.55. The Morgan fingerprint density at radius 1 is 1.05 bits per heavy atom. The molecule has 1 aliphatic heterocycles. The number of nitrogens with zero attached hydrogens (tertiary/aromatic N) is 2. The quantitative estimate of drug-likeness (QED) is 0.299. The number of aromatic nitrogens is 2. The summed E-state index contributed by atoms with van der Waals surface area (Å²) in [7, 11) is 0. The number of likely N-dealkylation sites (tertiary alicyclic amines) is 1. The minimum Gasteiger partial charge on any atom is -0.475 e. The number of anilines is 1. The first kappa shape index (κ1) is 27.2. The van der Waals surface area contributed by atoms with Crippen LogP contribution in [0.5, 0.6) is 0 Å². The molecule has 0 bridgehead atoms. The Labute approximate surface area is 221 Å². The average Bonchev–Trinajstić information content (AvgIpc) is 3.52. The van der Waals surface area contributed by atoms with Crippen molar-refractivity contribution < 1.29 is 27.9 Å². The van der Waals surface area contributed by atoms with E-state index in [1.807, 2.05) is 48.5 Å². The lowest BCUT2D eigenvalue weighted by Gasteiger charge is -2.18. The summed E-state index contributed by atoms with van der Waals surface area (Å²) in [6.07, 6.45) is -3.32. The third-order valence-corrected chi connectivity index (χ3v) is 6.48. The molecule has 0 aliphatic carbocycles. The minimum absolute atomic E-state index is 0.0401. The molecule has 4 aromatic rings. The number of aromatic amines is 1. The van der Waals surface area contributed by atoms with Crippen LogP contribution in [0.3, 0.4) is 0 Å². The van der Waals surface area contributed by atoms with Crippen molar-refractivity contribution in [1.29, 1.82) is 0 Å². The summed E-state index contributed by atoms with van der Waals surface area (Å²) in [6.45, 7) is 2.37. The van der Waals surface area contributed by atoms with Gasteiger partial charge in [-0.15, -0.1) is 0 Å². The summed E-state index contributed by atoms with van der Waals surface area (Å²) in [5, 5.41) is 18.9. The van der Waals surface area contributed by atoms with E-state index in [9.17, 15) is 18.0 Å². The molecule has 0 radical (unpaired) electrons. The number of hydrogen-bond donors (Lipinski definition) is 3. The van der Waals surface area contributed by atoms with E-state index in [1.165, 1.54) is 5.56 Å². The van der Waals surface area contributed by atoms with Crippen molar-refractivity contribution in [2.24, 2.45) is 5.92 Å². The second kappa shape index (κ2) is 11.7. The molecule has 38 heavy (non-hydrogen) atoms. The number of benzene rings is 3. The van der Waals surface area contributed by atoms with E-state index in [0.29, 0.717) is 11.6 Å². The molecule has 7 nitrogen and oxygen atoms in total. The molecule has 1 saturated heterocycles. The fourth-order valence-electron chi connectivity index (χ4n) is 4.42. The highest BCUT2D eigenvalue weighted by atomic mass is 35.5. The zero-order chi connectivity index (χ0) is 27.3. The van der Waals surface area contributed by atoms with Gasteiger partial charge in [-0.2, -0.15) is 18.3 Å². The smallest absolute Gasteiger partial charge is 0.475 e. The van der Waals surface area contributed by atoms with Crippen LogP contribution in [0.4, 0.5) is 18.9 Å². The number of carbonyl (C=O) groups excluding carboxylic acids is 1. The molecule has 198 valence electrons. The van der Waals surface area contributed by atoms with Crippen molar-refractivity contribution >= 4 is 40.1 Å². The highest BCUT2D eigenvalue weighted by molar-refractivity contribution is 6.30. The predicted molar refractivity (Wildman–Crippen MR) is 138 cm³/mol. The Balaban J connectivity index is 0.000000426. The van der Waals surface area contributed by atoms with Gasteiger partial charge in [0.2, 0.25) is 5.91 Å². The van der Waals surface area contributed by atoms with Gasteiger partial charge in [0.25, 0.3) is 0 Å². The van der Waals surface area contributed by atoms with Gasteiger partial charge in [0.15, 0.2) is 0 Å². The predicted octanol–water partition coefficient (Wildman–Crippen LogP) is 5.70. The van der Waals surface area contributed by atoms with Crippen molar-refractivity contribution in [2.75, 3.05) is 18.4 Å². The van der Waals surface area contributed by atoms with Crippen LogP contribution in [-0.2, 0) is 16.1 Å². The second-order valence-electron chi connectivity index (χ2n) is 8.91. The minimum atomic E-state index is -5.08. The van der Waals surface area contributed by atoms with Gasteiger partial charge >= 0.3 is 12.1 Å². The number of fused-ring (bicyclic) bond motifs is 1. The Bertz CT molecular complexity index is 1390. The Hall–Kier alpha value is -3.89. The number of carboxylic acid groups (broad SMARTS) is 1. The number of amides is 1. The van der Waals surface area contributed by atoms with Crippen LogP contribution in [-0.4, -0.2) is 51.3 Å². The van der Waals surface area contributed by atoms with E-state index in [2.05, 4.69) is 44.7 Å². The van der Waals surface area contributed by atoms with E-state index in [4.69, 9.17) is 21.5 Å². The third-order valence-electron chi connectivity index (χ3n) is 6.23. The zero-order valence-electron chi connectivity index (χ0n) is 20.0. The van der Waals surface area contributed by atoms with Crippen molar-refractivity contribution in [3.05, 3.63) is 95.1 Å². The molecule has 2 unspecified atom stereocenters. The number of carbonyl (C=O) groups is 2. The number of hydrogen-bond acceptors (Lipinski definition) is 4. The van der Waals surface area contributed by atoms with E-state index in [1.54, 1.807) is 6.20 Å². The van der Waals surface area contributed by atoms with Crippen LogP contribution in [0.1, 0.15) is 17.0 Å². The number of alkyl halides is 3. The maximum Gasteiger partial charge on any atom is 0.490 e. The Morgan fingerprint density at radius 3 is 2.39 bits per heavy atom. The molecule has 2 atom stereocenters. The van der Waals surface area contributed by atoms with Gasteiger partial charge in [0, 0.05) is 41.6 Å². The molecule has 2 heterocycles. The first-order valence-corrected chi connectivity index (χ1v) is 12.0. The summed E-state index contributed by atoms with van der Waals surface area (Å²) in [4.78, 5) is 24.6. The number of aliphatic carboxylic acids is 1. The number of rotatable bonds is 5. The molecule has 1 fully saturated rings. The summed E-state index contributed by atoms with van der Waals surface area (Å²) in [5.74, 6) is -2.76. The molecule has 1 aromatic heterocycles. The number of H-pyrrole nitrogens is 1. The van der Waals surface area contributed by atoms with Gasteiger partial charge < -0.3 is 10.4 Å². The zero-order valence-corrected chi connectivity index (χ0v) is 20.7. The molecule has 1 amide bonds. The number of carboxylic acids is 1. The van der Waals surface area contributed by atoms with Crippen LogP contribution in [0.25, 0.3) is 10.9 Å². The van der Waals surface area contributed by atoms with Crippen molar-refractivity contribution in [3.8, 4) is 0 Å². The highest BCUT2D eigenvalue weighted by Gasteiger charge is 2.39. The van der Waals surface area contributed by atoms with Crippen LogP contribution in [0.15, 0.2) is 79.0 Å². The van der Waals surface area contributed by atoms with Gasteiger partial charge in [-0.1, -0.05) is 54.1 Å².